The SMILES string of the molecule is CC(C)Oc1cccc(Sc2ncns2)c1N. The van der Waals surface area contributed by atoms with E-state index >= 15 is 0 Å². The lowest BCUT2D eigenvalue weighted by molar-refractivity contribution is 0.243. The zero-order chi connectivity index (χ0) is 12.3. The van der Waals surface area contributed by atoms with Gasteiger partial charge in [-0.05, 0) is 37.5 Å². The summed E-state index contributed by atoms with van der Waals surface area (Å²) < 4.78 is 10.5. The van der Waals surface area contributed by atoms with Crippen LogP contribution in [0.2, 0.25) is 0 Å². The first-order chi connectivity index (χ1) is 8.16. The number of anilines is 1. The summed E-state index contributed by atoms with van der Waals surface area (Å²) in [5.41, 5.74) is 6.71. The van der Waals surface area contributed by atoms with Crippen LogP contribution in [-0.4, -0.2) is 15.5 Å². The molecule has 0 saturated carbocycles. The first-order valence-electron chi connectivity index (χ1n) is 5.16. The number of nitrogen functional groups attached to an aromatic ring is 1. The van der Waals surface area contributed by atoms with Crippen LogP contribution in [0.15, 0.2) is 33.8 Å². The maximum Gasteiger partial charge on any atom is 0.174 e. The van der Waals surface area contributed by atoms with Crippen molar-refractivity contribution in [1.82, 2.24) is 9.36 Å². The van der Waals surface area contributed by atoms with Crippen LogP contribution in [-0.2, 0) is 0 Å². The first-order valence-corrected chi connectivity index (χ1v) is 6.75. The van der Waals surface area contributed by atoms with E-state index < -0.39 is 0 Å². The molecule has 0 bridgehead atoms. The standard InChI is InChI=1S/C11H13N3OS2/c1-7(2)15-8-4-3-5-9(10(8)12)16-11-13-6-14-17-11/h3-7H,12H2,1-2H3. The van der Waals surface area contributed by atoms with Gasteiger partial charge in [0.25, 0.3) is 0 Å². The van der Waals surface area contributed by atoms with Gasteiger partial charge >= 0.3 is 0 Å². The monoisotopic (exact) mass is 267 g/mol. The van der Waals surface area contributed by atoms with Crippen LogP contribution < -0.4 is 10.5 Å². The summed E-state index contributed by atoms with van der Waals surface area (Å²) in [7, 11) is 0. The molecule has 4 nitrogen and oxygen atoms in total. The Balaban J connectivity index is 2.23. The van der Waals surface area contributed by atoms with Gasteiger partial charge in [0.1, 0.15) is 12.1 Å². The van der Waals surface area contributed by atoms with E-state index in [0.29, 0.717) is 5.69 Å². The summed E-state index contributed by atoms with van der Waals surface area (Å²) in [5, 5.41) is 0. The topological polar surface area (TPSA) is 61.0 Å². The molecule has 0 saturated heterocycles. The second-order valence-electron chi connectivity index (χ2n) is 3.64. The minimum absolute atomic E-state index is 0.110. The fourth-order valence-corrected chi connectivity index (χ4v) is 2.74. The van der Waals surface area contributed by atoms with Gasteiger partial charge in [0.15, 0.2) is 4.34 Å². The number of nitrogens with two attached hydrogens (primary N) is 1. The molecular weight excluding hydrogens is 254 g/mol. The maximum atomic E-state index is 6.06. The van der Waals surface area contributed by atoms with E-state index in [-0.39, 0.29) is 6.10 Å². The van der Waals surface area contributed by atoms with Gasteiger partial charge in [-0.25, -0.2) is 4.98 Å². The predicted octanol–water partition coefficient (Wildman–Crippen LogP) is 3.06. The Bertz CT molecular complexity index is 485. The number of nitrogens with zero attached hydrogens (tertiary/aromatic N) is 2. The number of aromatic nitrogens is 2. The molecule has 2 N–H and O–H groups in total. The normalized spacial score (nSPS) is 10.8. The molecular formula is C11H13N3OS2. The van der Waals surface area contributed by atoms with Crippen LogP contribution >= 0.6 is 23.3 Å². The summed E-state index contributed by atoms with van der Waals surface area (Å²) in [6.07, 6.45) is 1.65. The third-order valence-electron chi connectivity index (χ3n) is 1.93. The van der Waals surface area contributed by atoms with Gasteiger partial charge in [-0.3, -0.25) is 0 Å². The summed E-state index contributed by atoms with van der Waals surface area (Å²) in [4.78, 5) is 5.06. The summed E-state index contributed by atoms with van der Waals surface area (Å²) >= 11 is 2.85. The average molecular weight is 267 g/mol. The Morgan fingerprint density at radius 3 is 2.88 bits per heavy atom. The molecule has 0 aliphatic heterocycles. The molecule has 1 heterocycles. The summed E-state index contributed by atoms with van der Waals surface area (Å²) in [6, 6.07) is 5.76. The van der Waals surface area contributed by atoms with Gasteiger partial charge < -0.3 is 10.5 Å². The summed E-state index contributed by atoms with van der Waals surface area (Å²) in [6.45, 7) is 3.95. The quantitative estimate of drug-likeness (QED) is 0.863. The van der Waals surface area contributed by atoms with Crippen LogP contribution in [0.4, 0.5) is 5.69 Å². The number of ether oxygens (including phenoxy) is 1. The molecule has 17 heavy (non-hydrogen) atoms. The van der Waals surface area contributed by atoms with Crippen LogP contribution in [0.5, 0.6) is 5.75 Å². The zero-order valence-electron chi connectivity index (χ0n) is 9.58. The minimum Gasteiger partial charge on any atom is -0.489 e. The van der Waals surface area contributed by atoms with Gasteiger partial charge in [0.05, 0.1) is 11.8 Å². The Hall–Kier alpha value is -1.27. The first kappa shape index (κ1) is 12.2. The average Bonchev–Trinajstić information content (AvgIpc) is 2.76. The Morgan fingerprint density at radius 2 is 2.24 bits per heavy atom. The molecule has 0 fully saturated rings. The van der Waals surface area contributed by atoms with Crippen molar-refractivity contribution < 1.29 is 4.74 Å². The highest BCUT2D eigenvalue weighted by Crippen LogP contribution is 2.37. The van der Waals surface area contributed by atoms with E-state index in [1.165, 1.54) is 29.6 Å². The number of rotatable bonds is 4. The molecule has 0 amide bonds. The van der Waals surface area contributed by atoms with Crippen molar-refractivity contribution in [3.8, 4) is 5.75 Å². The second-order valence-corrected chi connectivity index (χ2v) is 5.71. The van der Waals surface area contributed by atoms with E-state index in [1.54, 1.807) is 0 Å². The lowest BCUT2D eigenvalue weighted by Crippen LogP contribution is -2.07. The van der Waals surface area contributed by atoms with Crippen molar-refractivity contribution in [2.45, 2.75) is 29.2 Å². The molecule has 2 rings (SSSR count). The smallest absolute Gasteiger partial charge is 0.174 e. The van der Waals surface area contributed by atoms with Crippen LogP contribution in [0.25, 0.3) is 0 Å². The molecule has 2 aromatic rings. The lowest BCUT2D eigenvalue weighted by atomic mass is 10.3. The molecule has 0 atom stereocenters. The largest absolute Gasteiger partial charge is 0.489 e. The molecule has 1 aromatic carbocycles. The Kier molecular flexibility index (Phi) is 3.86. The van der Waals surface area contributed by atoms with Gasteiger partial charge in [-0.1, -0.05) is 17.8 Å². The molecule has 0 aliphatic carbocycles. The highest BCUT2D eigenvalue weighted by molar-refractivity contribution is 8.01. The molecule has 1 aromatic heterocycles. The van der Waals surface area contributed by atoms with Crippen molar-refractivity contribution >= 4 is 29.0 Å². The van der Waals surface area contributed by atoms with E-state index in [1.807, 2.05) is 32.0 Å². The van der Waals surface area contributed by atoms with Crippen molar-refractivity contribution in [2.24, 2.45) is 0 Å². The Labute approximate surface area is 108 Å². The van der Waals surface area contributed by atoms with Crippen molar-refractivity contribution in [3.05, 3.63) is 24.5 Å². The van der Waals surface area contributed by atoms with Crippen molar-refractivity contribution in [1.29, 1.82) is 0 Å². The molecule has 0 unspecified atom stereocenters. The molecule has 0 spiro atoms. The van der Waals surface area contributed by atoms with Crippen molar-refractivity contribution in [2.75, 3.05) is 5.73 Å². The van der Waals surface area contributed by atoms with Crippen LogP contribution in [0.1, 0.15) is 13.8 Å². The predicted molar refractivity (Wildman–Crippen MR) is 70.7 cm³/mol. The Morgan fingerprint density at radius 1 is 1.41 bits per heavy atom. The highest BCUT2D eigenvalue weighted by Gasteiger charge is 2.10. The lowest BCUT2D eigenvalue weighted by Gasteiger charge is -2.13. The third-order valence-corrected chi connectivity index (χ3v) is 3.72. The molecule has 0 aliphatic rings. The van der Waals surface area contributed by atoms with Gasteiger partial charge in [0.2, 0.25) is 0 Å². The van der Waals surface area contributed by atoms with Gasteiger partial charge in [-0.2, -0.15) is 4.37 Å². The van der Waals surface area contributed by atoms with Crippen LogP contribution in [0, 0.1) is 0 Å². The zero-order valence-corrected chi connectivity index (χ0v) is 11.2. The van der Waals surface area contributed by atoms with Crippen LogP contribution in [0.3, 0.4) is 0 Å². The molecule has 90 valence electrons. The van der Waals surface area contributed by atoms with E-state index in [4.69, 9.17) is 10.5 Å². The second kappa shape index (κ2) is 5.37. The number of benzene rings is 1. The molecule has 6 heteroatoms. The van der Waals surface area contributed by atoms with Crippen molar-refractivity contribution in [3.63, 3.8) is 0 Å². The fraction of sp³-hybridized carbons (Fsp3) is 0.273. The highest BCUT2D eigenvalue weighted by atomic mass is 32.2. The van der Waals surface area contributed by atoms with E-state index in [0.717, 1.165) is 15.0 Å². The number of para-hydroxylation sites is 1. The third kappa shape index (κ3) is 3.10. The number of hydrogen-bond acceptors (Lipinski definition) is 6. The minimum atomic E-state index is 0.110. The molecule has 0 radical (unpaired) electrons. The van der Waals surface area contributed by atoms with E-state index in [9.17, 15) is 0 Å². The fourth-order valence-electron chi connectivity index (χ4n) is 1.27. The van der Waals surface area contributed by atoms with Gasteiger partial charge in [0, 0.05) is 4.90 Å². The van der Waals surface area contributed by atoms with Gasteiger partial charge in [-0.15, -0.1) is 0 Å². The number of hydrogen-bond donors (Lipinski definition) is 1. The van der Waals surface area contributed by atoms with E-state index in [2.05, 4.69) is 9.36 Å². The maximum absolute atomic E-state index is 6.06. The summed E-state index contributed by atoms with van der Waals surface area (Å²) in [5.74, 6) is 0.717.